The number of aromatic hydroxyl groups is 1. The van der Waals surface area contributed by atoms with Crippen LogP contribution in [0.3, 0.4) is 0 Å². The lowest BCUT2D eigenvalue weighted by atomic mass is 10.1. The molecule has 0 radical (unpaired) electrons. The highest BCUT2D eigenvalue weighted by Crippen LogP contribution is 2.23. The average Bonchev–Trinajstić information content (AvgIpc) is 2.40. The predicted octanol–water partition coefficient (Wildman–Crippen LogP) is 2.79. The van der Waals surface area contributed by atoms with Gasteiger partial charge in [-0.2, -0.15) is 0 Å². The molecule has 2 N–H and O–H groups in total. The highest BCUT2D eigenvalue weighted by Gasteiger charge is 2.09. The van der Waals surface area contributed by atoms with Crippen molar-refractivity contribution in [3.8, 4) is 5.75 Å². The molecule has 3 nitrogen and oxygen atoms in total. The number of benzene rings is 1. The van der Waals surface area contributed by atoms with Crippen molar-refractivity contribution in [1.29, 1.82) is 0 Å². The highest BCUT2D eigenvalue weighted by molar-refractivity contribution is 5.85. The Labute approximate surface area is 119 Å². The van der Waals surface area contributed by atoms with Gasteiger partial charge in [-0.1, -0.05) is 30.3 Å². The van der Waals surface area contributed by atoms with Crippen LogP contribution in [0.25, 0.3) is 0 Å². The number of halogens is 1. The molecule has 1 heterocycles. The molecule has 1 aromatic carbocycles. The third-order valence-corrected chi connectivity index (χ3v) is 2.94. The predicted molar refractivity (Wildman–Crippen MR) is 77.7 cm³/mol. The monoisotopic (exact) mass is 279 g/mol. The maximum absolute atomic E-state index is 9.97. The molecule has 0 aliphatic carbocycles. The van der Waals surface area contributed by atoms with Gasteiger partial charge in [0.05, 0.1) is 12.3 Å². The molecule has 0 saturated heterocycles. The number of hydrogen-bond donors (Lipinski definition) is 2. The number of aromatic nitrogens is 1. The summed E-state index contributed by atoms with van der Waals surface area (Å²) < 4.78 is 0. The summed E-state index contributed by atoms with van der Waals surface area (Å²) in [4.78, 5) is 4.34. The van der Waals surface area contributed by atoms with Crippen molar-refractivity contribution < 1.29 is 10.2 Å². The molecular weight excluding hydrogens is 262 g/mol. The topological polar surface area (TPSA) is 53.4 Å². The zero-order valence-corrected chi connectivity index (χ0v) is 11.7. The Hall–Kier alpha value is -1.58. The summed E-state index contributed by atoms with van der Waals surface area (Å²) in [5, 5.41) is 19.1. The van der Waals surface area contributed by atoms with Crippen molar-refractivity contribution in [2.75, 3.05) is 0 Å². The van der Waals surface area contributed by atoms with Gasteiger partial charge in [0.15, 0.2) is 0 Å². The summed E-state index contributed by atoms with van der Waals surface area (Å²) in [5.74, 6) is 0.124. The molecule has 102 valence electrons. The van der Waals surface area contributed by atoms with E-state index in [0.29, 0.717) is 17.7 Å². The van der Waals surface area contributed by atoms with Gasteiger partial charge in [0.1, 0.15) is 5.75 Å². The van der Waals surface area contributed by atoms with Gasteiger partial charge >= 0.3 is 0 Å². The van der Waals surface area contributed by atoms with Crippen LogP contribution in [-0.4, -0.2) is 15.2 Å². The molecule has 19 heavy (non-hydrogen) atoms. The van der Waals surface area contributed by atoms with Gasteiger partial charge in [-0.25, -0.2) is 0 Å². The molecule has 0 fully saturated rings. The van der Waals surface area contributed by atoms with E-state index in [9.17, 15) is 5.11 Å². The van der Waals surface area contributed by atoms with Crippen molar-refractivity contribution in [3.05, 3.63) is 58.9 Å². The molecule has 2 rings (SSSR count). The van der Waals surface area contributed by atoms with Crippen molar-refractivity contribution >= 4 is 12.4 Å². The van der Waals surface area contributed by atoms with Crippen LogP contribution in [-0.2, 0) is 19.4 Å². The van der Waals surface area contributed by atoms with E-state index < -0.39 is 0 Å². The fourth-order valence-corrected chi connectivity index (χ4v) is 2.01. The largest absolute Gasteiger partial charge is 0.506 e. The van der Waals surface area contributed by atoms with Gasteiger partial charge < -0.3 is 10.2 Å². The minimum atomic E-state index is -0.159. The Kier molecular flexibility index (Phi) is 5.80. The first-order chi connectivity index (χ1) is 8.70. The molecule has 0 bridgehead atoms. The van der Waals surface area contributed by atoms with Gasteiger partial charge in [-0.15, -0.1) is 12.4 Å². The van der Waals surface area contributed by atoms with Crippen LogP contribution in [0, 0.1) is 6.92 Å². The fourth-order valence-electron chi connectivity index (χ4n) is 2.01. The molecule has 4 heteroatoms. The summed E-state index contributed by atoms with van der Waals surface area (Å²) in [6, 6.07) is 11.8. The Morgan fingerprint density at radius 3 is 2.42 bits per heavy atom. The lowest BCUT2D eigenvalue weighted by molar-refractivity contribution is 0.274. The fraction of sp³-hybridized carbons (Fsp3) is 0.267. The summed E-state index contributed by atoms with van der Waals surface area (Å²) in [6.07, 6.45) is 1.50. The van der Waals surface area contributed by atoms with Gasteiger partial charge in [0, 0.05) is 11.3 Å². The van der Waals surface area contributed by atoms with Crippen LogP contribution in [0.1, 0.15) is 22.5 Å². The lowest BCUT2D eigenvalue weighted by Crippen LogP contribution is -2.00. The second-order valence-electron chi connectivity index (χ2n) is 4.36. The number of nitrogens with zero attached hydrogens (tertiary/aromatic N) is 1. The first-order valence-corrected chi connectivity index (χ1v) is 6.04. The average molecular weight is 280 g/mol. The lowest BCUT2D eigenvalue weighted by Gasteiger charge is -2.09. The molecule has 0 aliphatic heterocycles. The number of aliphatic hydroxyl groups is 1. The van der Waals surface area contributed by atoms with Crippen molar-refractivity contribution in [3.63, 3.8) is 0 Å². The minimum absolute atomic E-state index is 0. The van der Waals surface area contributed by atoms with Crippen LogP contribution < -0.4 is 0 Å². The number of rotatable bonds is 4. The van der Waals surface area contributed by atoms with E-state index >= 15 is 0 Å². The van der Waals surface area contributed by atoms with Crippen LogP contribution in [0.4, 0.5) is 0 Å². The summed E-state index contributed by atoms with van der Waals surface area (Å²) in [5.41, 5.74) is 3.24. The van der Waals surface area contributed by atoms with Gasteiger partial charge in [-0.05, 0) is 31.4 Å². The van der Waals surface area contributed by atoms with E-state index in [1.807, 2.05) is 25.1 Å². The van der Waals surface area contributed by atoms with E-state index in [1.165, 1.54) is 5.56 Å². The zero-order chi connectivity index (χ0) is 13.0. The normalized spacial score (nSPS) is 10.0. The Morgan fingerprint density at radius 1 is 1.11 bits per heavy atom. The minimum Gasteiger partial charge on any atom is -0.506 e. The van der Waals surface area contributed by atoms with Crippen molar-refractivity contribution in [2.45, 2.75) is 26.4 Å². The van der Waals surface area contributed by atoms with Crippen LogP contribution >= 0.6 is 12.4 Å². The van der Waals surface area contributed by atoms with Crippen LogP contribution in [0.2, 0.25) is 0 Å². The smallest absolute Gasteiger partial charge is 0.142 e. The van der Waals surface area contributed by atoms with E-state index in [-0.39, 0.29) is 24.8 Å². The number of pyridine rings is 1. The number of aliphatic hydroxyl groups excluding tert-OH is 1. The maximum atomic E-state index is 9.97. The molecule has 0 spiro atoms. The van der Waals surface area contributed by atoms with Crippen LogP contribution in [0.15, 0.2) is 36.4 Å². The van der Waals surface area contributed by atoms with Gasteiger partial charge in [0.25, 0.3) is 0 Å². The summed E-state index contributed by atoms with van der Waals surface area (Å²) in [6.45, 7) is 1.71. The molecule has 0 aliphatic rings. The standard InChI is InChI=1S/C15H17NO2.ClH/c1-11-9-13(10-17)15(18)14(16-11)8-7-12-5-3-2-4-6-12;/h2-6,9,17-18H,7-8,10H2,1H3;1H. The number of aryl methyl sites for hydroxylation is 3. The third-order valence-electron chi connectivity index (χ3n) is 2.94. The van der Waals surface area contributed by atoms with E-state index in [1.54, 1.807) is 6.07 Å². The molecule has 0 atom stereocenters. The van der Waals surface area contributed by atoms with Crippen molar-refractivity contribution in [1.82, 2.24) is 4.98 Å². The quantitative estimate of drug-likeness (QED) is 0.905. The summed E-state index contributed by atoms with van der Waals surface area (Å²) in [7, 11) is 0. The Bertz CT molecular complexity index is 529. The molecule has 0 amide bonds. The molecule has 0 saturated carbocycles. The number of hydrogen-bond acceptors (Lipinski definition) is 3. The van der Waals surface area contributed by atoms with Gasteiger partial charge in [-0.3, -0.25) is 4.98 Å². The Balaban J connectivity index is 0.00000180. The van der Waals surface area contributed by atoms with E-state index in [4.69, 9.17) is 5.11 Å². The maximum Gasteiger partial charge on any atom is 0.142 e. The summed E-state index contributed by atoms with van der Waals surface area (Å²) >= 11 is 0. The molecule has 1 aromatic heterocycles. The van der Waals surface area contributed by atoms with Crippen molar-refractivity contribution in [2.24, 2.45) is 0 Å². The van der Waals surface area contributed by atoms with E-state index in [0.717, 1.165) is 12.1 Å². The molecule has 2 aromatic rings. The first-order valence-electron chi connectivity index (χ1n) is 6.04. The first kappa shape index (κ1) is 15.5. The van der Waals surface area contributed by atoms with Crippen LogP contribution in [0.5, 0.6) is 5.75 Å². The molecular formula is C15H18ClNO2. The third kappa shape index (κ3) is 3.94. The zero-order valence-electron chi connectivity index (χ0n) is 10.8. The SMILES string of the molecule is Cc1cc(CO)c(O)c(CCc2ccccc2)n1.Cl. The van der Waals surface area contributed by atoms with E-state index in [2.05, 4.69) is 17.1 Å². The highest BCUT2D eigenvalue weighted by atomic mass is 35.5. The van der Waals surface area contributed by atoms with Gasteiger partial charge in [0.2, 0.25) is 0 Å². The Morgan fingerprint density at radius 2 is 1.79 bits per heavy atom. The second kappa shape index (κ2) is 7.12. The second-order valence-corrected chi connectivity index (χ2v) is 4.36. The molecule has 0 unspecified atom stereocenters.